The first-order valence-electron chi connectivity index (χ1n) is 5.15. The normalized spacial score (nSPS) is 10.2. The van der Waals surface area contributed by atoms with Gasteiger partial charge in [0.15, 0.2) is 5.13 Å². The Morgan fingerprint density at radius 1 is 1.53 bits per heavy atom. The smallest absolute Gasteiger partial charge is 0.270 e. The molecule has 1 amide bonds. The SMILES string of the molecule is Cc1cnc(NC(=O)c2cc([N+](=O)[O-])ccc2I)s1. The van der Waals surface area contributed by atoms with Crippen LogP contribution in [0.4, 0.5) is 10.8 Å². The number of aromatic nitrogens is 1. The number of nitro benzene ring substituents is 1. The third-order valence-electron chi connectivity index (χ3n) is 2.25. The van der Waals surface area contributed by atoms with Crippen LogP contribution in [0, 0.1) is 20.6 Å². The molecular formula is C11H8IN3O3S. The number of aryl methyl sites for hydroxylation is 1. The van der Waals surface area contributed by atoms with Gasteiger partial charge in [0, 0.05) is 26.8 Å². The standard InChI is InChI=1S/C11H8IN3O3S/c1-6-5-13-11(19-6)14-10(16)8-4-7(15(17)18)2-3-9(8)12/h2-5H,1H3,(H,13,14,16). The van der Waals surface area contributed by atoms with Crippen LogP contribution in [0.2, 0.25) is 0 Å². The fourth-order valence-corrected chi connectivity index (χ4v) is 2.62. The Labute approximate surface area is 126 Å². The lowest BCUT2D eigenvalue weighted by Crippen LogP contribution is -2.13. The fraction of sp³-hybridized carbons (Fsp3) is 0.0909. The van der Waals surface area contributed by atoms with E-state index in [1.807, 2.05) is 29.5 Å². The third-order valence-corrected chi connectivity index (χ3v) is 4.02. The van der Waals surface area contributed by atoms with Crippen molar-refractivity contribution in [3.63, 3.8) is 0 Å². The number of halogens is 1. The highest BCUT2D eigenvalue weighted by Gasteiger charge is 2.16. The Bertz CT molecular complexity index is 656. The molecule has 0 atom stereocenters. The van der Waals surface area contributed by atoms with Crippen LogP contribution in [0.1, 0.15) is 15.2 Å². The molecule has 1 aromatic heterocycles. The van der Waals surface area contributed by atoms with E-state index < -0.39 is 10.8 Å². The first kappa shape index (κ1) is 13.9. The summed E-state index contributed by atoms with van der Waals surface area (Å²) in [7, 11) is 0. The zero-order chi connectivity index (χ0) is 14.0. The number of non-ortho nitro benzene ring substituents is 1. The molecule has 0 unspecified atom stereocenters. The van der Waals surface area contributed by atoms with E-state index in [1.165, 1.54) is 23.5 Å². The van der Waals surface area contributed by atoms with Crippen molar-refractivity contribution in [2.75, 3.05) is 5.32 Å². The van der Waals surface area contributed by atoms with Crippen LogP contribution in [-0.2, 0) is 0 Å². The van der Waals surface area contributed by atoms with Crippen molar-refractivity contribution >= 4 is 50.7 Å². The van der Waals surface area contributed by atoms with Gasteiger partial charge in [-0.25, -0.2) is 4.98 Å². The van der Waals surface area contributed by atoms with Crippen LogP contribution in [0.25, 0.3) is 0 Å². The number of hydrogen-bond acceptors (Lipinski definition) is 5. The van der Waals surface area contributed by atoms with Crippen LogP contribution >= 0.6 is 33.9 Å². The molecule has 2 aromatic rings. The van der Waals surface area contributed by atoms with Crippen molar-refractivity contribution in [3.05, 3.63) is 48.5 Å². The minimum atomic E-state index is -0.527. The molecule has 0 bridgehead atoms. The Kier molecular flexibility index (Phi) is 4.10. The topological polar surface area (TPSA) is 85.1 Å². The van der Waals surface area contributed by atoms with Crippen molar-refractivity contribution in [3.8, 4) is 0 Å². The number of rotatable bonds is 3. The van der Waals surface area contributed by atoms with E-state index in [9.17, 15) is 14.9 Å². The van der Waals surface area contributed by atoms with E-state index in [-0.39, 0.29) is 11.3 Å². The predicted octanol–water partition coefficient (Wildman–Crippen LogP) is 3.22. The van der Waals surface area contributed by atoms with Gasteiger partial charge in [0.25, 0.3) is 11.6 Å². The molecule has 0 fully saturated rings. The molecule has 1 N–H and O–H groups in total. The van der Waals surface area contributed by atoms with Gasteiger partial charge in [-0.3, -0.25) is 20.2 Å². The number of benzene rings is 1. The molecule has 6 nitrogen and oxygen atoms in total. The first-order valence-corrected chi connectivity index (χ1v) is 7.04. The molecule has 0 aliphatic rings. The highest BCUT2D eigenvalue weighted by atomic mass is 127. The zero-order valence-electron chi connectivity index (χ0n) is 9.71. The number of carbonyl (C=O) groups excluding carboxylic acids is 1. The summed E-state index contributed by atoms with van der Waals surface area (Å²) in [6, 6.07) is 4.17. The second-order valence-corrected chi connectivity index (χ2v) is 6.05. The van der Waals surface area contributed by atoms with E-state index in [1.54, 1.807) is 12.3 Å². The van der Waals surface area contributed by atoms with Gasteiger partial charge >= 0.3 is 0 Å². The van der Waals surface area contributed by atoms with Crippen LogP contribution in [0.15, 0.2) is 24.4 Å². The van der Waals surface area contributed by atoms with Crippen LogP contribution in [0.3, 0.4) is 0 Å². The quantitative estimate of drug-likeness (QED) is 0.496. The monoisotopic (exact) mass is 389 g/mol. The van der Waals surface area contributed by atoms with Gasteiger partial charge in [0.05, 0.1) is 10.5 Å². The van der Waals surface area contributed by atoms with Crippen molar-refractivity contribution in [1.82, 2.24) is 4.98 Å². The zero-order valence-corrected chi connectivity index (χ0v) is 12.7. The third kappa shape index (κ3) is 3.26. The van der Waals surface area contributed by atoms with Crippen molar-refractivity contribution in [2.24, 2.45) is 0 Å². The average Bonchev–Trinajstić information content (AvgIpc) is 2.74. The summed E-state index contributed by atoms with van der Waals surface area (Å²) in [6.07, 6.45) is 1.65. The Morgan fingerprint density at radius 3 is 2.84 bits per heavy atom. The lowest BCUT2D eigenvalue weighted by molar-refractivity contribution is -0.384. The second kappa shape index (κ2) is 5.61. The average molecular weight is 389 g/mol. The lowest BCUT2D eigenvalue weighted by Gasteiger charge is -2.04. The molecule has 0 saturated heterocycles. The second-order valence-electron chi connectivity index (χ2n) is 3.65. The van der Waals surface area contributed by atoms with Gasteiger partial charge in [0.2, 0.25) is 0 Å². The maximum Gasteiger partial charge on any atom is 0.270 e. The summed E-state index contributed by atoms with van der Waals surface area (Å²) in [5.41, 5.74) is 0.156. The Hall–Kier alpha value is -1.55. The maximum atomic E-state index is 12.0. The van der Waals surface area contributed by atoms with E-state index in [4.69, 9.17) is 0 Å². The van der Waals surface area contributed by atoms with Crippen molar-refractivity contribution in [2.45, 2.75) is 6.92 Å². The minimum absolute atomic E-state index is 0.110. The molecule has 0 aliphatic heterocycles. The molecular weight excluding hydrogens is 381 g/mol. The number of nitrogens with one attached hydrogen (secondary N) is 1. The number of hydrogen-bond donors (Lipinski definition) is 1. The molecule has 2 rings (SSSR count). The van der Waals surface area contributed by atoms with E-state index in [2.05, 4.69) is 10.3 Å². The minimum Gasteiger partial charge on any atom is -0.298 e. The lowest BCUT2D eigenvalue weighted by atomic mass is 10.2. The molecule has 1 aromatic carbocycles. The van der Waals surface area contributed by atoms with Crippen LogP contribution in [0.5, 0.6) is 0 Å². The number of nitrogens with zero attached hydrogens (tertiary/aromatic N) is 2. The summed E-state index contributed by atoms with van der Waals surface area (Å²) in [6.45, 7) is 1.88. The van der Waals surface area contributed by atoms with Gasteiger partial charge in [-0.2, -0.15) is 0 Å². The van der Waals surface area contributed by atoms with Gasteiger partial charge in [-0.1, -0.05) is 0 Å². The largest absolute Gasteiger partial charge is 0.298 e. The predicted molar refractivity (Wildman–Crippen MR) is 80.6 cm³/mol. The molecule has 98 valence electrons. The van der Waals surface area contributed by atoms with Crippen LogP contribution < -0.4 is 5.32 Å². The van der Waals surface area contributed by atoms with Gasteiger partial charge < -0.3 is 0 Å². The number of anilines is 1. The first-order chi connectivity index (χ1) is 8.97. The Morgan fingerprint density at radius 2 is 2.26 bits per heavy atom. The van der Waals surface area contributed by atoms with Gasteiger partial charge in [-0.05, 0) is 35.6 Å². The van der Waals surface area contributed by atoms with Gasteiger partial charge in [0.1, 0.15) is 0 Å². The number of thiazole rings is 1. The van der Waals surface area contributed by atoms with E-state index >= 15 is 0 Å². The summed E-state index contributed by atoms with van der Waals surface area (Å²) in [5.74, 6) is -0.401. The summed E-state index contributed by atoms with van der Waals surface area (Å²) < 4.78 is 0.647. The highest BCUT2D eigenvalue weighted by molar-refractivity contribution is 14.1. The molecule has 1 heterocycles. The van der Waals surface area contributed by atoms with Crippen LogP contribution in [-0.4, -0.2) is 15.8 Å². The van der Waals surface area contributed by atoms with Gasteiger partial charge in [-0.15, -0.1) is 11.3 Å². The molecule has 0 saturated carbocycles. The molecule has 0 spiro atoms. The molecule has 8 heteroatoms. The van der Waals surface area contributed by atoms with E-state index in [0.29, 0.717) is 8.70 Å². The summed E-state index contributed by atoms with van der Waals surface area (Å²) >= 11 is 3.31. The van der Waals surface area contributed by atoms with E-state index in [0.717, 1.165) is 4.88 Å². The summed E-state index contributed by atoms with van der Waals surface area (Å²) in [4.78, 5) is 27.2. The summed E-state index contributed by atoms with van der Waals surface area (Å²) in [5, 5.41) is 13.8. The number of carbonyl (C=O) groups is 1. The maximum absolute atomic E-state index is 12.0. The fourth-order valence-electron chi connectivity index (χ4n) is 1.38. The highest BCUT2D eigenvalue weighted by Crippen LogP contribution is 2.22. The molecule has 0 radical (unpaired) electrons. The number of amides is 1. The van der Waals surface area contributed by atoms with Crippen molar-refractivity contribution in [1.29, 1.82) is 0 Å². The van der Waals surface area contributed by atoms with Crippen molar-refractivity contribution < 1.29 is 9.72 Å². The molecule has 19 heavy (non-hydrogen) atoms. The number of nitro groups is 1. The molecule has 0 aliphatic carbocycles. The Balaban J connectivity index is 2.27.